The van der Waals surface area contributed by atoms with Crippen LogP contribution in [-0.2, 0) is 4.79 Å². The summed E-state index contributed by atoms with van der Waals surface area (Å²) in [6.45, 7) is 6.83. The summed E-state index contributed by atoms with van der Waals surface area (Å²) in [5.41, 5.74) is 5.50. The molecule has 1 amide bonds. The molecule has 0 aliphatic carbocycles. The fourth-order valence-corrected chi connectivity index (χ4v) is 2.81. The highest BCUT2D eigenvalue weighted by atomic mass is 32.2. The summed E-state index contributed by atoms with van der Waals surface area (Å²) in [6.07, 6.45) is 0. The number of carbonyl (C=O) groups is 1. The van der Waals surface area contributed by atoms with Gasteiger partial charge in [-0.2, -0.15) is 11.8 Å². The van der Waals surface area contributed by atoms with Crippen molar-refractivity contribution in [2.45, 2.75) is 32.1 Å². The lowest BCUT2D eigenvalue weighted by atomic mass is 10.1. The van der Waals surface area contributed by atoms with Crippen molar-refractivity contribution < 1.29 is 4.79 Å². The van der Waals surface area contributed by atoms with Crippen molar-refractivity contribution in [2.24, 2.45) is 11.7 Å². The third-order valence-corrected chi connectivity index (χ3v) is 4.66. The van der Waals surface area contributed by atoms with E-state index in [1.807, 2.05) is 16.7 Å². The Kier molecular flexibility index (Phi) is 4.40. The van der Waals surface area contributed by atoms with E-state index in [0.717, 1.165) is 12.3 Å². The van der Waals surface area contributed by atoms with Crippen LogP contribution in [-0.4, -0.2) is 39.4 Å². The lowest BCUT2D eigenvalue weighted by Crippen LogP contribution is -2.51. The van der Waals surface area contributed by atoms with E-state index in [2.05, 4.69) is 13.8 Å². The minimum atomic E-state index is -0.335. The maximum absolute atomic E-state index is 12.0. The summed E-state index contributed by atoms with van der Waals surface area (Å²) in [4.78, 5) is 14.2. The number of amides is 1. The predicted molar refractivity (Wildman–Crippen MR) is 69.0 cm³/mol. The standard InChI is InChI=1S/C10H18N2OS2/c1-6(9(11)14)10(13)12-4-5-15-8(3)7(12)2/h6-8H,4-5H2,1-3H3,(H2,11,14). The summed E-state index contributed by atoms with van der Waals surface area (Å²) in [6, 6.07) is 0.271. The second-order valence-electron chi connectivity index (χ2n) is 3.97. The van der Waals surface area contributed by atoms with Gasteiger partial charge in [0, 0.05) is 23.6 Å². The molecule has 0 aromatic rings. The molecule has 0 bridgehead atoms. The fourth-order valence-electron chi connectivity index (χ4n) is 1.61. The fraction of sp³-hybridized carbons (Fsp3) is 0.800. The van der Waals surface area contributed by atoms with Crippen molar-refractivity contribution in [3.05, 3.63) is 0 Å². The van der Waals surface area contributed by atoms with Crippen molar-refractivity contribution in [2.75, 3.05) is 12.3 Å². The Bertz CT molecular complexity index is 270. The highest BCUT2D eigenvalue weighted by molar-refractivity contribution is 8.00. The molecule has 3 unspecified atom stereocenters. The molecule has 1 heterocycles. The first-order chi connectivity index (χ1) is 6.95. The summed E-state index contributed by atoms with van der Waals surface area (Å²) < 4.78 is 0. The van der Waals surface area contributed by atoms with Crippen LogP contribution in [0.4, 0.5) is 0 Å². The van der Waals surface area contributed by atoms with Gasteiger partial charge in [-0.3, -0.25) is 4.79 Å². The van der Waals surface area contributed by atoms with Gasteiger partial charge >= 0.3 is 0 Å². The second kappa shape index (κ2) is 5.16. The predicted octanol–water partition coefficient (Wildman–Crippen LogP) is 1.26. The van der Waals surface area contributed by atoms with Crippen LogP contribution in [0.1, 0.15) is 20.8 Å². The third kappa shape index (κ3) is 2.84. The van der Waals surface area contributed by atoms with Gasteiger partial charge in [-0.25, -0.2) is 0 Å². The van der Waals surface area contributed by atoms with Gasteiger partial charge in [0.15, 0.2) is 0 Å². The lowest BCUT2D eigenvalue weighted by Gasteiger charge is -2.38. The van der Waals surface area contributed by atoms with E-state index in [4.69, 9.17) is 18.0 Å². The van der Waals surface area contributed by atoms with Crippen LogP contribution in [0.2, 0.25) is 0 Å². The topological polar surface area (TPSA) is 46.3 Å². The molecule has 15 heavy (non-hydrogen) atoms. The van der Waals surface area contributed by atoms with Crippen LogP contribution in [0.15, 0.2) is 0 Å². The average molecular weight is 246 g/mol. The van der Waals surface area contributed by atoms with E-state index >= 15 is 0 Å². The highest BCUT2D eigenvalue weighted by Crippen LogP contribution is 2.25. The van der Waals surface area contributed by atoms with E-state index < -0.39 is 0 Å². The van der Waals surface area contributed by atoms with E-state index in [-0.39, 0.29) is 22.9 Å². The van der Waals surface area contributed by atoms with Gasteiger partial charge in [-0.05, 0) is 13.8 Å². The summed E-state index contributed by atoms with van der Waals surface area (Å²) in [7, 11) is 0. The maximum atomic E-state index is 12.0. The molecule has 0 aromatic carbocycles. The van der Waals surface area contributed by atoms with Crippen molar-refractivity contribution in [3.8, 4) is 0 Å². The van der Waals surface area contributed by atoms with Crippen LogP contribution < -0.4 is 5.73 Å². The molecular formula is C10H18N2OS2. The van der Waals surface area contributed by atoms with Crippen molar-refractivity contribution in [1.82, 2.24) is 4.90 Å². The molecule has 2 N–H and O–H groups in total. The molecule has 3 atom stereocenters. The van der Waals surface area contributed by atoms with Gasteiger partial charge in [0.2, 0.25) is 5.91 Å². The molecular weight excluding hydrogens is 228 g/mol. The van der Waals surface area contributed by atoms with Crippen LogP contribution in [0.25, 0.3) is 0 Å². The van der Waals surface area contributed by atoms with Gasteiger partial charge < -0.3 is 10.6 Å². The largest absolute Gasteiger partial charge is 0.393 e. The molecule has 0 radical (unpaired) electrons. The summed E-state index contributed by atoms with van der Waals surface area (Å²) in [5, 5.41) is 0.487. The Morgan fingerprint density at radius 2 is 2.20 bits per heavy atom. The van der Waals surface area contributed by atoms with Gasteiger partial charge in [-0.1, -0.05) is 19.1 Å². The van der Waals surface area contributed by atoms with E-state index in [9.17, 15) is 4.79 Å². The van der Waals surface area contributed by atoms with E-state index in [1.165, 1.54) is 0 Å². The van der Waals surface area contributed by atoms with Gasteiger partial charge in [0.1, 0.15) is 0 Å². The monoisotopic (exact) mass is 246 g/mol. The van der Waals surface area contributed by atoms with Crippen LogP contribution in [0.5, 0.6) is 0 Å². The normalized spacial score (nSPS) is 28.6. The van der Waals surface area contributed by atoms with E-state index in [1.54, 1.807) is 6.92 Å². The molecule has 1 aliphatic rings. The Labute approximate surface area is 101 Å². The molecule has 5 heteroatoms. The number of hydrogen-bond donors (Lipinski definition) is 1. The van der Waals surface area contributed by atoms with Crippen LogP contribution in [0.3, 0.4) is 0 Å². The minimum Gasteiger partial charge on any atom is -0.393 e. The molecule has 0 spiro atoms. The molecule has 1 aliphatic heterocycles. The number of nitrogens with zero attached hydrogens (tertiary/aromatic N) is 1. The van der Waals surface area contributed by atoms with Crippen molar-refractivity contribution in [1.29, 1.82) is 0 Å². The summed E-state index contributed by atoms with van der Waals surface area (Å²) >= 11 is 6.77. The third-order valence-electron chi connectivity index (χ3n) is 2.96. The number of carbonyl (C=O) groups excluding carboxylic acids is 1. The first-order valence-corrected chi connectivity index (χ1v) is 6.62. The zero-order valence-electron chi connectivity index (χ0n) is 9.40. The SMILES string of the molecule is CC(C(=O)N1CCSC(C)C1C)C(N)=S. The number of nitrogens with two attached hydrogens (primary N) is 1. The molecule has 0 aromatic heterocycles. The zero-order chi connectivity index (χ0) is 11.6. The zero-order valence-corrected chi connectivity index (χ0v) is 11.0. The quantitative estimate of drug-likeness (QED) is 0.745. The molecule has 1 saturated heterocycles. The van der Waals surface area contributed by atoms with Gasteiger partial charge in [0.25, 0.3) is 0 Å². The van der Waals surface area contributed by atoms with Crippen LogP contribution in [0, 0.1) is 5.92 Å². The number of hydrogen-bond acceptors (Lipinski definition) is 3. The molecule has 1 rings (SSSR count). The Balaban J connectivity index is 2.70. The average Bonchev–Trinajstić information content (AvgIpc) is 2.20. The van der Waals surface area contributed by atoms with E-state index in [0.29, 0.717) is 5.25 Å². The first kappa shape index (κ1) is 12.8. The lowest BCUT2D eigenvalue weighted by molar-refractivity contribution is -0.134. The smallest absolute Gasteiger partial charge is 0.232 e. The highest BCUT2D eigenvalue weighted by Gasteiger charge is 2.31. The van der Waals surface area contributed by atoms with Gasteiger partial charge in [-0.15, -0.1) is 0 Å². The van der Waals surface area contributed by atoms with Crippen molar-refractivity contribution >= 4 is 34.9 Å². The Morgan fingerprint density at radius 3 is 2.73 bits per heavy atom. The number of rotatable bonds is 2. The maximum Gasteiger partial charge on any atom is 0.232 e. The molecule has 86 valence electrons. The van der Waals surface area contributed by atoms with Crippen LogP contribution >= 0.6 is 24.0 Å². The first-order valence-electron chi connectivity index (χ1n) is 5.16. The van der Waals surface area contributed by atoms with Crippen molar-refractivity contribution in [3.63, 3.8) is 0 Å². The molecule has 1 fully saturated rings. The second-order valence-corrected chi connectivity index (χ2v) is 5.93. The summed E-state index contributed by atoms with van der Waals surface area (Å²) in [5.74, 6) is 0.737. The Morgan fingerprint density at radius 1 is 1.60 bits per heavy atom. The Hall–Kier alpha value is -0.290. The number of thiocarbonyl (C=S) groups is 1. The number of thioether (sulfide) groups is 1. The molecule has 3 nitrogen and oxygen atoms in total. The molecule has 0 saturated carbocycles. The van der Waals surface area contributed by atoms with Gasteiger partial charge in [0.05, 0.1) is 10.9 Å². The minimum absolute atomic E-state index is 0.0714.